The Morgan fingerprint density at radius 2 is 2.14 bits per heavy atom. The summed E-state index contributed by atoms with van der Waals surface area (Å²) in [4.78, 5) is 4.49. The molecule has 0 atom stereocenters. The Kier molecular flexibility index (Phi) is 5.47. The first-order valence-corrected chi connectivity index (χ1v) is 7.15. The predicted octanol–water partition coefficient (Wildman–Crippen LogP) is 3.63. The molecular weight excluding hydrogens is 290 g/mol. The van der Waals surface area contributed by atoms with Crippen LogP contribution in [0.15, 0.2) is 24.4 Å². The van der Waals surface area contributed by atoms with Crippen LogP contribution in [0.2, 0.25) is 5.02 Å². The van der Waals surface area contributed by atoms with Gasteiger partial charge in [-0.25, -0.2) is 4.98 Å². The highest BCUT2D eigenvalue weighted by Gasteiger charge is 2.07. The summed E-state index contributed by atoms with van der Waals surface area (Å²) in [6.45, 7) is 3.55. The lowest BCUT2D eigenvalue weighted by Crippen LogP contribution is -2.05. The third-order valence-corrected chi connectivity index (χ3v) is 3.35. The number of ether oxygens (including phenoxy) is 2. The van der Waals surface area contributed by atoms with Gasteiger partial charge in [0, 0.05) is 32.1 Å². The van der Waals surface area contributed by atoms with Crippen molar-refractivity contribution in [2.24, 2.45) is 0 Å². The predicted molar refractivity (Wildman–Crippen MR) is 84.7 cm³/mol. The molecule has 0 spiro atoms. The fourth-order valence-corrected chi connectivity index (χ4v) is 2.33. The van der Waals surface area contributed by atoms with Crippen molar-refractivity contribution in [1.82, 2.24) is 9.55 Å². The third-order valence-electron chi connectivity index (χ3n) is 3.05. The highest BCUT2D eigenvalue weighted by molar-refractivity contribution is 6.32. The van der Waals surface area contributed by atoms with Crippen LogP contribution in [0.25, 0.3) is 0 Å². The summed E-state index contributed by atoms with van der Waals surface area (Å²) in [6, 6.07) is 5.56. The standard InChI is InChI=1S/C15H20ClN3O2/c1-11-10-19(7-4-8-20-2)15(17-11)18-12-5-6-14(21-3)13(16)9-12/h5-6,9-10H,4,7-8H2,1-3H3,(H,17,18). The van der Waals surface area contributed by atoms with E-state index >= 15 is 0 Å². The molecule has 0 radical (unpaired) electrons. The fraction of sp³-hybridized carbons (Fsp3) is 0.400. The molecule has 1 aromatic carbocycles. The van der Waals surface area contributed by atoms with Gasteiger partial charge in [-0.2, -0.15) is 0 Å². The minimum Gasteiger partial charge on any atom is -0.495 e. The van der Waals surface area contributed by atoms with Crippen molar-refractivity contribution in [2.75, 3.05) is 26.1 Å². The van der Waals surface area contributed by atoms with Crippen molar-refractivity contribution >= 4 is 23.2 Å². The van der Waals surface area contributed by atoms with E-state index in [4.69, 9.17) is 21.1 Å². The third kappa shape index (κ3) is 4.12. The van der Waals surface area contributed by atoms with Gasteiger partial charge in [0.05, 0.1) is 17.8 Å². The molecule has 0 aliphatic carbocycles. The van der Waals surface area contributed by atoms with E-state index in [1.54, 1.807) is 14.2 Å². The zero-order chi connectivity index (χ0) is 15.2. The van der Waals surface area contributed by atoms with Crippen LogP contribution in [-0.4, -0.2) is 30.4 Å². The Balaban J connectivity index is 2.13. The molecule has 0 saturated carbocycles. The zero-order valence-corrected chi connectivity index (χ0v) is 13.3. The van der Waals surface area contributed by atoms with Gasteiger partial charge in [-0.05, 0) is 31.5 Å². The number of imidazole rings is 1. The number of halogens is 1. The molecule has 114 valence electrons. The number of hydrogen-bond donors (Lipinski definition) is 1. The maximum atomic E-state index is 6.13. The first-order valence-electron chi connectivity index (χ1n) is 6.77. The molecule has 0 amide bonds. The Hall–Kier alpha value is -1.72. The molecule has 0 aliphatic heterocycles. The lowest BCUT2D eigenvalue weighted by atomic mass is 10.3. The van der Waals surface area contributed by atoms with Crippen LogP contribution >= 0.6 is 11.6 Å². The maximum Gasteiger partial charge on any atom is 0.207 e. The quantitative estimate of drug-likeness (QED) is 0.793. The molecule has 0 unspecified atom stereocenters. The second-order valence-corrected chi connectivity index (χ2v) is 5.13. The van der Waals surface area contributed by atoms with Crippen LogP contribution in [0.3, 0.4) is 0 Å². The molecule has 1 aromatic heterocycles. The first kappa shape index (κ1) is 15.7. The summed E-state index contributed by atoms with van der Waals surface area (Å²) in [5.41, 5.74) is 1.84. The van der Waals surface area contributed by atoms with Crippen LogP contribution in [0, 0.1) is 6.92 Å². The van der Waals surface area contributed by atoms with Crippen molar-refractivity contribution in [3.05, 3.63) is 35.1 Å². The van der Waals surface area contributed by atoms with Gasteiger partial charge in [-0.3, -0.25) is 0 Å². The first-order chi connectivity index (χ1) is 10.1. The van der Waals surface area contributed by atoms with E-state index in [1.165, 1.54) is 0 Å². The molecule has 1 heterocycles. The lowest BCUT2D eigenvalue weighted by Gasteiger charge is -2.11. The number of hydrogen-bond acceptors (Lipinski definition) is 4. The number of methoxy groups -OCH3 is 2. The van der Waals surface area contributed by atoms with Crippen molar-refractivity contribution < 1.29 is 9.47 Å². The van der Waals surface area contributed by atoms with Gasteiger partial charge < -0.3 is 19.4 Å². The maximum absolute atomic E-state index is 6.13. The molecule has 0 saturated heterocycles. The Labute approximate surface area is 129 Å². The Bertz CT molecular complexity index is 599. The second-order valence-electron chi connectivity index (χ2n) is 4.72. The molecule has 5 nitrogen and oxygen atoms in total. The molecule has 2 aromatic rings. The number of benzene rings is 1. The summed E-state index contributed by atoms with van der Waals surface area (Å²) in [6.07, 6.45) is 2.95. The van der Waals surface area contributed by atoms with Gasteiger partial charge in [0.15, 0.2) is 0 Å². The fourth-order valence-electron chi connectivity index (χ4n) is 2.07. The van der Waals surface area contributed by atoms with Crippen molar-refractivity contribution in [3.8, 4) is 5.75 Å². The molecular formula is C15H20ClN3O2. The van der Waals surface area contributed by atoms with Crippen LogP contribution in [0.4, 0.5) is 11.6 Å². The summed E-state index contributed by atoms with van der Waals surface area (Å²) in [5.74, 6) is 1.45. The smallest absolute Gasteiger partial charge is 0.207 e. The van der Waals surface area contributed by atoms with E-state index in [1.807, 2.05) is 31.3 Å². The van der Waals surface area contributed by atoms with Gasteiger partial charge in [0.25, 0.3) is 0 Å². The van der Waals surface area contributed by atoms with Crippen molar-refractivity contribution in [3.63, 3.8) is 0 Å². The Morgan fingerprint density at radius 3 is 2.81 bits per heavy atom. The molecule has 0 bridgehead atoms. The summed E-state index contributed by atoms with van der Waals surface area (Å²) >= 11 is 6.13. The largest absolute Gasteiger partial charge is 0.495 e. The monoisotopic (exact) mass is 309 g/mol. The second kappa shape index (κ2) is 7.33. The minimum absolute atomic E-state index is 0.566. The number of aromatic nitrogens is 2. The van der Waals surface area contributed by atoms with Gasteiger partial charge in [0.1, 0.15) is 5.75 Å². The number of aryl methyl sites for hydroxylation is 2. The summed E-state index contributed by atoms with van der Waals surface area (Å²) in [5, 5.41) is 3.85. The summed E-state index contributed by atoms with van der Waals surface area (Å²) in [7, 11) is 3.30. The highest BCUT2D eigenvalue weighted by atomic mass is 35.5. The van der Waals surface area contributed by atoms with Crippen LogP contribution < -0.4 is 10.1 Å². The van der Waals surface area contributed by atoms with Crippen molar-refractivity contribution in [2.45, 2.75) is 19.9 Å². The van der Waals surface area contributed by atoms with Crippen molar-refractivity contribution in [1.29, 1.82) is 0 Å². The number of nitrogens with zero attached hydrogens (tertiary/aromatic N) is 2. The topological polar surface area (TPSA) is 48.3 Å². The van der Waals surface area contributed by atoms with Gasteiger partial charge >= 0.3 is 0 Å². The number of anilines is 2. The van der Waals surface area contributed by atoms with E-state index in [2.05, 4.69) is 14.9 Å². The van der Waals surface area contributed by atoms with Gasteiger partial charge in [-0.1, -0.05) is 11.6 Å². The van der Waals surface area contributed by atoms with E-state index in [-0.39, 0.29) is 0 Å². The minimum atomic E-state index is 0.566. The molecule has 2 rings (SSSR count). The number of nitrogens with one attached hydrogen (secondary N) is 1. The normalized spacial score (nSPS) is 10.7. The number of rotatable bonds is 7. The molecule has 0 aliphatic rings. The van der Waals surface area contributed by atoms with E-state index in [9.17, 15) is 0 Å². The Morgan fingerprint density at radius 1 is 1.33 bits per heavy atom. The summed E-state index contributed by atoms with van der Waals surface area (Å²) < 4.78 is 12.3. The average Bonchev–Trinajstić information content (AvgIpc) is 2.79. The van der Waals surface area contributed by atoms with Gasteiger partial charge in [0.2, 0.25) is 5.95 Å². The molecule has 21 heavy (non-hydrogen) atoms. The van der Waals surface area contributed by atoms with E-state index in [0.717, 1.165) is 36.9 Å². The van der Waals surface area contributed by atoms with E-state index in [0.29, 0.717) is 10.8 Å². The highest BCUT2D eigenvalue weighted by Crippen LogP contribution is 2.28. The molecule has 0 fully saturated rings. The molecule has 1 N–H and O–H groups in total. The molecule has 6 heteroatoms. The van der Waals surface area contributed by atoms with Gasteiger partial charge in [-0.15, -0.1) is 0 Å². The van der Waals surface area contributed by atoms with E-state index < -0.39 is 0 Å². The SMILES string of the molecule is COCCCn1cc(C)nc1Nc1ccc(OC)c(Cl)c1. The van der Waals surface area contributed by atoms with Crippen LogP contribution in [0.5, 0.6) is 5.75 Å². The average molecular weight is 310 g/mol. The lowest BCUT2D eigenvalue weighted by molar-refractivity contribution is 0.190. The van der Waals surface area contributed by atoms with Crippen LogP contribution in [0.1, 0.15) is 12.1 Å². The van der Waals surface area contributed by atoms with Crippen LogP contribution in [-0.2, 0) is 11.3 Å². The zero-order valence-electron chi connectivity index (χ0n) is 12.5.